The molecule has 3 aromatic carbocycles. The maximum atomic E-state index is 6.22. The van der Waals surface area contributed by atoms with Crippen molar-refractivity contribution in [2.75, 3.05) is 6.61 Å². The van der Waals surface area contributed by atoms with Gasteiger partial charge in [-0.15, -0.1) is 0 Å². The number of nitrogens with zero attached hydrogens (tertiary/aromatic N) is 2. The fourth-order valence-corrected chi connectivity index (χ4v) is 3.64. The smallest absolute Gasteiger partial charge is 0.144 e. The van der Waals surface area contributed by atoms with E-state index in [1.165, 1.54) is 0 Å². The summed E-state index contributed by atoms with van der Waals surface area (Å²) in [4.78, 5) is 4.99. The number of ether oxygens (including phenoxy) is 2. The van der Waals surface area contributed by atoms with Crippen LogP contribution in [-0.2, 0) is 13.2 Å². The fourth-order valence-electron chi connectivity index (χ4n) is 3.64. The van der Waals surface area contributed by atoms with Crippen LogP contribution in [0.3, 0.4) is 0 Å². The molecule has 31 heavy (non-hydrogen) atoms. The summed E-state index contributed by atoms with van der Waals surface area (Å²) in [7, 11) is 0. The van der Waals surface area contributed by atoms with Crippen molar-refractivity contribution in [3.63, 3.8) is 0 Å². The lowest BCUT2D eigenvalue weighted by molar-refractivity contribution is 0.307. The van der Waals surface area contributed by atoms with Crippen LogP contribution in [0.4, 0.5) is 0 Å². The van der Waals surface area contributed by atoms with E-state index < -0.39 is 0 Å². The van der Waals surface area contributed by atoms with Gasteiger partial charge < -0.3 is 14.0 Å². The van der Waals surface area contributed by atoms with Crippen molar-refractivity contribution in [1.29, 1.82) is 0 Å². The van der Waals surface area contributed by atoms with Gasteiger partial charge in [-0.2, -0.15) is 0 Å². The zero-order chi connectivity index (χ0) is 21.5. The molecule has 4 aromatic rings. The molecule has 0 bridgehead atoms. The lowest BCUT2D eigenvalue weighted by Crippen LogP contribution is -2.03. The van der Waals surface area contributed by atoms with Crippen LogP contribution in [0.1, 0.15) is 31.7 Å². The molecule has 1 heterocycles. The molecular weight excluding hydrogens is 384 g/mol. The summed E-state index contributed by atoms with van der Waals surface area (Å²) in [6.07, 6.45) is 2.93. The van der Waals surface area contributed by atoms with Crippen LogP contribution < -0.4 is 9.47 Å². The molecule has 0 amide bonds. The maximum absolute atomic E-state index is 6.22. The van der Waals surface area contributed by atoms with E-state index in [2.05, 4.69) is 42.7 Å². The molecule has 0 unspecified atom stereocenters. The first-order valence-corrected chi connectivity index (χ1v) is 11.0. The molecule has 4 rings (SSSR count). The molecule has 4 heteroatoms. The van der Waals surface area contributed by atoms with Crippen LogP contribution in [0.2, 0.25) is 0 Å². The molecule has 0 aliphatic heterocycles. The summed E-state index contributed by atoms with van der Waals surface area (Å²) in [6, 6.07) is 24.5. The van der Waals surface area contributed by atoms with Gasteiger partial charge in [-0.3, -0.25) is 0 Å². The summed E-state index contributed by atoms with van der Waals surface area (Å²) >= 11 is 0. The van der Waals surface area contributed by atoms with Gasteiger partial charge in [-0.25, -0.2) is 4.98 Å². The molecule has 0 spiro atoms. The SMILES string of the molecule is [CH2]CCOc1ccc2nc(-c3ccccc3OCc3ccccc3)n(CCCC)c2c1. The van der Waals surface area contributed by atoms with Gasteiger partial charge in [0.25, 0.3) is 0 Å². The number of unbranched alkanes of at least 4 members (excludes halogenated alkanes) is 1. The first-order valence-electron chi connectivity index (χ1n) is 11.0. The molecule has 4 nitrogen and oxygen atoms in total. The Morgan fingerprint density at radius 3 is 2.55 bits per heavy atom. The zero-order valence-electron chi connectivity index (χ0n) is 18.1. The van der Waals surface area contributed by atoms with Crippen molar-refractivity contribution in [1.82, 2.24) is 9.55 Å². The van der Waals surface area contributed by atoms with E-state index in [0.29, 0.717) is 13.2 Å². The van der Waals surface area contributed by atoms with E-state index in [-0.39, 0.29) is 0 Å². The monoisotopic (exact) mass is 413 g/mol. The third-order valence-corrected chi connectivity index (χ3v) is 5.23. The van der Waals surface area contributed by atoms with E-state index in [0.717, 1.165) is 65.3 Å². The summed E-state index contributed by atoms with van der Waals surface area (Å²) in [5.41, 5.74) is 4.20. The van der Waals surface area contributed by atoms with E-state index in [9.17, 15) is 0 Å². The number of rotatable bonds is 10. The molecule has 1 radical (unpaired) electrons. The molecule has 0 fully saturated rings. The Kier molecular flexibility index (Phi) is 6.88. The normalized spacial score (nSPS) is 11.0. The van der Waals surface area contributed by atoms with E-state index in [1.807, 2.05) is 48.5 Å². The number of aryl methyl sites for hydroxylation is 1. The van der Waals surface area contributed by atoms with Crippen LogP contribution in [0.15, 0.2) is 72.8 Å². The van der Waals surface area contributed by atoms with Crippen molar-refractivity contribution in [3.05, 3.63) is 85.3 Å². The number of hydrogen-bond acceptors (Lipinski definition) is 3. The maximum Gasteiger partial charge on any atom is 0.144 e. The Hall–Kier alpha value is -3.27. The predicted octanol–water partition coefficient (Wildman–Crippen LogP) is 6.69. The Morgan fingerprint density at radius 2 is 1.74 bits per heavy atom. The highest BCUT2D eigenvalue weighted by molar-refractivity contribution is 5.83. The van der Waals surface area contributed by atoms with Crippen LogP contribution in [0.5, 0.6) is 11.5 Å². The quantitative estimate of drug-likeness (QED) is 0.291. The lowest BCUT2D eigenvalue weighted by atomic mass is 10.1. The number of hydrogen-bond donors (Lipinski definition) is 0. The molecule has 0 aliphatic rings. The van der Waals surface area contributed by atoms with Crippen LogP contribution in [0, 0.1) is 6.92 Å². The number of benzene rings is 3. The highest BCUT2D eigenvalue weighted by atomic mass is 16.5. The van der Waals surface area contributed by atoms with Gasteiger partial charge in [-0.1, -0.05) is 55.8 Å². The molecule has 0 aliphatic carbocycles. The highest BCUT2D eigenvalue weighted by Crippen LogP contribution is 2.34. The minimum Gasteiger partial charge on any atom is -0.494 e. The third-order valence-electron chi connectivity index (χ3n) is 5.23. The van der Waals surface area contributed by atoms with Gasteiger partial charge >= 0.3 is 0 Å². The van der Waals surface area contributed by atoms with Gasteiger partial charge in [0, 0.05) is 12.6 Å². The third kappa shape index (κ3) is 4.91. The predicted molar refractivity (Wildman–Crippen MR) is 126 cm³/mol. The number of para-hydroxylation sites is 1. The van der Waals surface area contributed by atoms with E-state index in [4.69, 9.17) is 14.5 Å². The van der Waals surface area contributed by atoms with Crippen LogP contribution in [-0.4, -0.2) is 16.2 Å². The van der Waals surface area contributed by atoms with Crippen molar-refractivity contribution in [2.24, 2.45) is 0 Å². The second-order valence-corrected chi connectivity index (χ2v) is 7.56. The van der Waals surface area contributed by atoms with E-state index in [1.54, 1.807) is 0 Å². The Bertz CT molecular complexity index is 1120. The molecule has 0 saturated heterocycles. The Labute approximate surface area is 184 Å². The molecular formula is C27H29N2O2. The molecule has 0 N–H and O–H groups in total. The standard InChI is InChI=1S/C27H29N2O2/c1-3-5-17-29-25-19-22(30-18-4-2)15-16-24(25)28-27(29)23-13-9-10-14-26(23)31-20-21-11-7-6-8-12-21/h6-16,19H,2-5,17-18,20H2,1H3. The summed E-state index contributed by atoms with van der Waals surface area (Å²) in [5.74, 6) is 2.63. The number of aromatic nitrogens is 2. The highest BCUT2D eigenvalue weighted by Gasteiger charge is 2.17. The zero-order valence-corrected chi connectivity index (χ0v) is 18.1. The fraction of sp³-hybridized carbons (Fsp3) is 0.259. The van der Waals surface area contributed by atoms with Crippen molar-refractivity contribution >= 4 is 11.0 Å². The molecule has 1 aromatic heterocycles. The molecule has 0 atom stereocenters. The second-order valence-electron chi connectivity index (χ2n) is 7.56. The van der Waals surface area contributed by atoms with Gasteiger partial charge in [0.05, 0.1) is 23.2 Å². The second kappa shape index (κ2) is 10.2. The van der Waals surface area contributed by atoms with Crippen LogP contribution >= 0.6 is 0 Å². The largest absolute Gasteiger partial charge is 0.494 e. The molecule has 0 saturated carbocycles. The molecule has 159 valence electrons. The minimum absolute atomic E-state index is 0.524. The number of fused-ring (bicyclic) bond motifs is 1. The van der Waals surface area contributed by atoms with Gasteiger partial charge in [0.1, 0.15) is 23.9 Å². The topological polar surface area (TPSA) is 36.3 Å². The van der Waals surface area contributed by atoms with E-state index >= 15 is 0 Å². The summed E-state index contributed by atoms with van der Waals surface area (Å²) in [5, 5.41) is 0. The Balaban J connectivity index is 1.72. The average Bonchev–Trinajstić information content (AvgIpc) is 3.18. The summed E-state index contributed by atoms with van der Waals surface area (Å²) < 4.78 is 14.3. The van der Waals surface area contributed by atoms with Crippen LogP contribution in [0.25, 0.3) is 22.4 Å². The van der Waals surface area contributed by atoms with Gasteiger partial charge in [-0.05, 0) is 49.6 Å². The average molecular weight is 414 g/mol. The van der Waals surface area contributed by atoms with Crippen molar-refractivity contribution < 1.29 is 9.47 Å². The first-order chi connectivity index (χ1) is 15.3. The summed E-state index contributed by atoms with van der Waals surface area (Å²) in [6.45, 7) is 8.09. The van der Waals surface area contributed by atoms with Crippen molar-refractivity contribution in [2.45, 2.75) is 39.3 Å². The van der Waals surface area contributed by atoms with Gasteiger partial charge in [0.2, 0.25) is 0 Å². The Morgan fingerprint density at radius 1 is 0.935 bits per heavy atom. The number of imidazole rings is 1. The van der Waals surface area contributed by atoms with Crippen molar-refractivity contribution in [3.8, 4) is 22.9 Å². The first kappa shape index (κ1) is 21.0. The van der Waals surface area contributed by atoms with Gasteiger partial charge in [0.15, 0.2) is 0 Å². The lowest BCUT2D eigenvalue weighted by Gasteiger charge is -2.14. The minimum atomic E-state index is 0.524.